The van der Waals surface area contributed by atoms with Crippen molar-refractivity contribution >= 4 is 31.6 Å². The lowest BCUT2D eigenvalue weighted by Gasteiger charge is -2.35. The quantitative estimate of drug-likeness (QED) is 0.712. The molecule has 0 amide bonds. The van der Waals surface area contributed by atoms with Gasteiger partial charge in [-0.3, -0.25) is 0 Å². The monoisotopic (exact) mass is 448 g/mol. The molecule has 0 unspecified atom stereocenters. The number of sulfonamides is 1. The largest absolute Gasteiger partial charge is 0.416 e. The third-order valence-corrected chi connectivity index (χ3v) is 7.14. The first kappa shape index (κ1) is 19.2. The smallest absolute Gasteiger partial charge is 0.369 e. The fraction of sp³-hybridized carbons (Fsp3) is 0.294. The summed E-state index contributed by atoms with van der Waals surface area (Å²) < 4.78 is 66.0. The van der Waals surface area contributed by atoms with Crippen LogP contribution < -0.4 is 4.90 Å². The zero-order chi connectivity index (χ0) is 18.9. The van der Waals surface area contributed by atoms with Gasteiger partial charge >= 0.3 is 6.18 Å². The van der Waals surface area contributed by atoms with Crippen molar-refractivity contribution in [3.63, 3.8) is 0 Å². The van der Waals surface area contributed by atoms with Gasteiger partial charge in [0.2, 0.25) is 10.0 Å². The predicted molar refractivity (Wildman–Crippen MR) is 96.6 cm³/mol. The van der Waals surface area contributed by atoms with Crippen LogP contribution in [-0.2, 0) is 16.2 Å². The molecule has 0 aliphatic carbocycles. The van der Waals surface area contributed by atoms with Crippen LogP contribution in [0.5, 0.6) is 0 Å². The molecule has 1 heterocycles. The molecule has 0 N–H and O–H groups in total. The van der Waals surface area contributed by atoms with Crippen molar-refractivity contribution in [1.29, 1.82) is 0 Å². The fourth-order valence-electron chi connectivity index (χ4n) is 2.86. The van der Waals surface area contributed by atoms with E-state index in [1.54, 1.807) is 29.2 Å². The highest BCUT2D eigenvalue weighted by Gasteiger charge is 2.32. The van der Waals surface area contributed by atoms with Crippen LogP contribution in [0.15, 0.2) is 57.9 Å². The summed E-state index contributed by atoms with van der Waals surface area (Å²) in [6.07, 6.45) is -4.40. The van der Waals surface area contributed by atoms with Gasteiger partial charge in [0.1, 0.15) is 0 Å². The van der Waals surface area contributed by atoms with Gasteiger partial charge in [0.05, 0.1) is 10.5 Å². The summed E-state index contributed by atoms with van der Waals surface area (Å²) in [5.41, 5.74) is -0.268. The minimum atomic E-state index is -4.40. The Balaban J connectivity index is 1.75. The summed E-state index contributed by atoms with van der Waals surface area (Å²) in [4.78, 5) is 1.95. The van der Waals surface area contributed by atoms with Crippen LogP contribution in [0.25, 0.3) is 0 Å². The Morgan fingerprint density at radius 3 is 2.19 bits per heavy atom. The Labute approximate surface area is 158 Å². The second kappa shape index (κ2) is 7.21. The third-order valence-electron chi connectivity index (χ3n) is 4.23. The maximum atomic E-state index is 12.9. The molecule has 1 fully saturated rings. The van der Waals surface area contributed by atoms with Gasteiger partial charge in [-0.1, -0.05) is 18.2 Å². The maximum Gasteiger partial charge on any atom is 0.416 e. The summed E-state index contributed by atoms with van der Waals surface area (Å²) in [6.45, 7) is 1.07. The van der Waals surface area contributed by atoms with Crippen LogP contribution in [0, 0.1) is 0 Å². The number of hydrogen-bond acceptors (Lipinski definition) is 3. The van der Waals surface area contributed by atoms with Gasteiger partial charge < -0.3 is 4.90 Å². The minimum absolute atomic E-state index is 0.188. The number of anilines is 1. The molecule has 0 spiro atoms. The summed E-state index contributed by atoms with van der Waals surface area (Å²) in [7, 11) is -3.65. The van der Waals surface area contributed by atoms with Crippen molar-refractivity contribution < 1.29 is 21.6 Å². The van der Waals surface area contributed by atoms with Crippen molar-refractivity contribution in [2.75, 3.05) is 31.1 Å². The molecular formula is C17H16BrF3N2O2S. The van der Waals surface area contributed by atoms with Crippen molar-refractivity contribution in [2.24, 2.45) is 0 Å². The Morgan fingerprint density at radius 1 is 0.923 bits per heavy atom. The fourth-order valence-corrected chi connectivity index (χ4v) is 5.24. The zero-order valence-corrected chi connectivity index (χ0v) is 16.0. The van der Waals surface area contributed by atoms with Crippen LogP contribution in [0.2, 0.25) is 0 Å². The highest BCUT2D eigenvalue weighted by Crippen LogP contribution is 2.32. The van der Waals surface area contributed by atoms with E-state index in [9.17, 15) is 21.6 Å². The molecule has 2 aromatic carbocycles. The first-order chi connectivity index (χ1) is 12.2. The molecule has 4 nitrogen and oxygen atoms in total. The molecule has 1 aliphatic rings. The van der Waals surface area contributed by atoms with E-state index in [2.05, 4.69) is 15.9 Å². The Bertz CT molecular complexity index is 895. The number of benzene rings is 2. The highest BCUT2D eigenvalue weighted by atomic mass is 79.9. The molecule has 0 bridgehead atoms. The minimum Gasteiger partial charge on any atom is -0.369 e. The molecule has 26 heavy (non-hydrogen) atoms. The van der Waals surface area contributed by atoms with Crippen molar-refractivity contribution in [3.8, 4) is 0 Å². The predicted octanol–water partition coefficient (Wildman–Crippen LogP) is 3.98. The molecule has 2 aromatic rings. The first-order valence-corrected chi connectivity index (χ1v) is 10.1. The van der Waals surface area contributed by atoms with Crippen molar-refractivity contribution in [2.45, 2.75) is 11.1 Å². The topological polar surface area (TPSA) is 40.6 Å². The molecule has 0 atom stereocenters. The lowest BCUT2D eigenvalue weighted by Crippen LogP contribution is -2.48. The molecule has 1 aliphatic heterocycles. The van der Waals surface area contributed by atoms with Gasteiger partial charge in [-0.15, -0.1) is 0 Å². The molecule has 0 aromatic heterocycles. The molecule has 0 radical (unpaired) electrons. The van der Waals surface area contributed by atoms with E-state index in [0.717, 1.165) is 12.1 Å². The summed E-state index contributed by atoms with van der Waals surface area (Å²) in [5, 5.41) is 0. The number of alkyl halides is 3. The lowest BCUT2D eigenvalue weighted by molar-refractivity contribution is -0.137. The average molecular weight is 449 g/mol. The molecular weight excluding hydrogens is 433 g/mol. The molecule has 9 heteroatoms. The number of nitrogens with zero attached hydrogens (tertiary/aromatic N) is 2. The third kappa shape index (κ3) is 3.89. The van der Waals surface area contributed by atoms with E-state index < -0.39 is 21.8 Å². The second-order valence-corrected chi connectivity index (χ2v) is 8.63. The van der Waals surface area contributed by atoms with Crippen molar-refractivity contribution in [3.05, 3.63) is 58.6 Å². The van der Waals surface area contributed by atoms with Crippen LogP contribution in [0.3, 0.4) is 0 Å². The van der Waals surface area contributed by atoms with Crippen LogP contribution in [0.4, 0.5) is 18.9 Å². The van der Waals surface area contributed by atoms with Crippen molar-refractivity contribution in [1.82, 2.24) is 4.31 Å². The Morgan fingerprint density at radius 2 is 1.58 bits per heavy atom. The number of rotatable bonds is 3. The Hall–Kier alpha value is -1.58. The van der Waals surface area contributed by atoms with E-state index in [-0.39, 0.29) is 18.0 Å². The van der Waals surface area contributed by atoms with Gasteiger partial charge in [-0.05, 0) is 46.3 Å². The van der Waals surface area contributed by atoms with Gasteiger partial charge in [-0.25, -0.2) is 8.42 Å². The lowest BCUT2D eigenvalue weighted by atomic mass is 10.1. The van der Waals surface area contributed by atoms with E-state index in [4.69, 9.17) is 0 Å². The van der Waals surface area contributed by atoms with Gasteiger partial charge in [-0.2, -0.15) is 17.5 Å². The molecule has 140 valence electrons. The van der Waals surface area contributed by atoms with E-state index in [0.29, 0.717) is 23.2 Å². The zero-order valence-electron chi connectivity index (χ0n) is 13.6. The normalized spacial score (nSPS) is 16.7. The maximum absolute atomic E-state index is 12.9. The van der Waals surface area contributed by atoms with E-state index in [1.165, 1.54) is 16.4 Å². The van der Waals surface area contributed by atoms with E-state index in [1.807, 2.05) is 0 Å². The summed E-state index contributed by atoms with van der Waals surface area (Å²) >= 11 is 3.25. The van der Waals surface area contributed by atoms with Gasteiger partial charge in [0.25, 0.3) is 0 Å². The summed E-state index contributed by atoms with van der Waals surface area (Å²) in [5.74, 6) is 0. The second-order valence-electron chi connectivity index (χ2n) is 5.87. The van der Waals surface area contributed by atoms with Crippen LogP contribution in [-0.4, -0.2) is 38.9 Å². The molecule has 3 rings (SSSR count). The standard InChI is InChI=1S/C17H16BrF3N2O2S/c18-15-6-1-2-7-16(15)26(24,25)23-10-8-22(9-11-23)14-5-3-4-13(12-14)17(19,20)21/h1-7,12H,8-11H2. The SMILES string of the molecule is O=S(=O)(c1ccccc1Br)N1CCN(c2cccc(C(F)(F)F)c2)CC1. The van der Waals surface area contributed by atoms with Gasteiger partial charge in [0.15, 0.2) is 0 Å². The number of piperazine rings is 1. The number of hydrogen-bond donors (Lipinski definition) is 0. The summed E-state index contributed by atoms with van der Waals surface area (Å²) in [6, 6.07) is 11.7. The van der Waals surface area contributed by atoms with Crippen LogP contribution in [0.1, 0.15) is 5.56 Å². The first-order valence-electron chi connectivity index (χ1n) is 7.86. The van der Waals surface area contributed by atoms with E-state index >= 15 is 0 Å². The average Bonchev–Trinajstić information content (AvgIpc) is 2.61. The molecule has 1 saturated heterocycles. The number of halogens is 4. The Kier molecular flexibility index (Phi) is 5.32. The van der Waals surface area contributed by atoms with Gasteiger partial charge in [0, 0.05) is 36.3 Å². The van der Waals surface area contributed by atoms with Crippen LogP contribution >= 0.6 is 15.9 Å². The molecule has 0 saturated carbocycles. The highest BCUT2D eigenvalue weighted by molar-refractivity contribution is 9.10.